The molecule has 2 amide bonds. The fraction of sp³-hybridized carbons (Fsp3) is 0.136. The van der Waals surface area contributed by atoms with Crippen molar-refractivity contribution in [2.24, 2.45) is 5.73 Å². The Morgan fingerprint density at radius 2 is 1.90 bits per heavy atom. The number of methoxy groups -OCH3 is 1. The number of nitrogens with two attached hydrogens (primary N) is 1. The zero-order chi connectivity index (χ0) is 21.3. The first-order chi connectivity index (χ1) is 14.5. The third-order valence-corrected chi connectivity index (χ3v) is 4.02. The van der Waals surface area contributed by atoms with Crippen LogP contribution in [0.1, 0.15) is 15.9 Å². The SMILES string of the molecule is COc1cc(C(=O)Nc2cccc(OCc3cccnc3)c2)ccc1OCC(N)=O. The third-order valence-electron chi connectivity index (χ3n) is 4.02. The molecular formula is C22H21N3O5. The van der Waals surface area contributed by atoms with Gasteiger partial charge in [-0.1, -0.05) is 12.1 Å². The predicted octanol–water partition coefficient (Wildman–Crippen LogP) is 2.79. The highest BCUT2D eigenvalue weighted by Gasteiger charge is 2.12. The van der Waals surface area contributed by atoms with E-state index in [1.54, 1.807) is 48.8 Å². The highest BCUT2D eigenvalue weighted by atomic mass is 16.5. The van der Waals surface area contributed by atoms with E-state index in [-0.39, 0.29) is 12.5 Å². The van der Waals surface area contributed by atoms with Crippen LogP contribution >= 0.6 is 0 Å². The van der Waals surface area contributed by atoms with Gasteiger partial charge in [0.15, 0.2) is 18.1 Å². The van der Waals surface area contributed by atoms with Gasteiger partial charge in [-0.3, -0.25) is 14.6 Å². The van der Waals surface area contributed by atoms with E-state index in [2.05, 4.69) is 10.3 Å². The molecule has 0 spiro atoms. The van der Waals surface area contributed by atoms with Gasteiger partial charge in [0, 0.05) is 35.3 Å². The number of primary amides is 1. The van der Waals surface area contributed by atoms with E-state index < -0.39 is 5.91 Å². The first kappa shape index (κ1) is 20.7. The minimum Gasteiger partial charge on any atom is -0.493 e. The second-order valence-corrected chi connectivity index (χ2v) is 6.25. The number of pyridine rings is 1. The number of nitrogens with one attached hydrogen (secondary N) is 1. The molecule has 1 heterocycles. The van der Waals surface area contributed by atoms with Crippen molar-refractivity contribution in [3.8, 4) is 17.2 Å². The summed E-state index contributed by atoms with van der Waals surface area (Å²) in [4.78, 5) is 27.6. The Bertz CT molecular complexity index is 1020. The van der Waals surface area contributed by atoms with Crippen LogP contribution in [-0.4, -0.2) is 30.5 Å². The smallest absolute Gasteiger partial charge is 0.255 e. The number of carbonyl (C=O) groups excluding carboxylic acids is 2. The van der Waals surface area contributed by atoms with E-state index >= 15 is 0 Å². The molecule has 3 N–H and O–H groups in total. The number of aromatic nitrogens is 1. The standard InChI is InChI=1S/C22H21N3O5/c1-28-20-10-16(7-8-19(20)30-14-21(23)26)22(27)25-17-5-2-6-18(11-17)29-13-15-4-3-9-24-12-15/h2-12H,13-14H2,1H3,(H2,23,26)(H,25,27). The summed E-state index contributed by atoms with van der Waals surface area (Å²) in [6, 6.07) is 15.5. The van der Waals surface area contributed by atoms with E-state index in [1.807, 2.05) is 12.1 Å². The molecular weight excluding hydrogens is 386 g/mol. The van der Waals surface area contributed by atoms with E-state index in [1.165, 1.54) is 13.2 Å². The summed E-state index contributed by atoms with van der Waals surface area (Å²) in [6.07, 6.45) is 3.43. The molecule has 1 aromatic heterocycles. The van der Waals surface area contributed by atoms with E-state index in [0.717, 1.165) is 5.56 Å². The van der Waals surface area contributed by atoms with Crippen LogP contribution < -0.4 is 25.3 Å². The van der Waals surface area contributed by atoms with E-state index in [4.69, 9.17) is 19.9 Å². The van der Waals surface area contributed by atoms with Crippen LogP contribution in [0.15, 0.2) is 67.0 Å². The second kappa shape index (κ2) is 9.92. The van der Waals surface area contributed by atoms with Gasteiger partial charge in [-0.05, 0) is 36.4 Å². The van der Waals surface area contributed by atoms with Crippen LogP contribution in [0.3, 0.4) is 0 Å². The lowest BCUT2D eigenvalue weighted by Crippen LogP contribution is -2.20. The zero-order valence-corrected chi connectivity index (χ0v) is 16.3. The van der Waals surface area contributed by atoms with Gasteiger partial charge in [0.1, 0.15) is 12.4 Å². The maximum Gasteiger partial charge on any atom is 0.255 e. The quantitative estimate of drug-likeness (QED) is 0.564. The molecule has 0 fully saturated rings. The Morgan fingerprint density at radius 3 is 2.63 bits per heavy atom. The molecule has 0 radical (unpaired) electrons. The van der Waals surface area contributed by atoms with Gasteiger partial charge in [0.05, 0.1) is 7.11 Å². The maximum absolute atomic E-state index is 12.6. The molecule has 2 aromatic carbocycles. The minimum atomic E-state index is -0.607. The van der Waals surface area contributed by atoms with Crippen LogP contribution in [0.4, 0.5) is 5.69 Å². The normalized spacial score (nSPS) is 10.2. The monoisotopic (exact) mass is 407 g/mol. The first-order valence-electron chi connectivity index (χ1n) is 9.07. The topological polar surface area (TPSA) is 113 Å². The Kier molecular flexibility index (Phi) is 6.83. The summed E-state index contributed by atoms with van der Waals surface area (Å²) >= 11 is 0. The highest BCUT2D eigenvalue weighted by Crippen LogP contribution is 2.28. The average molecular weight is 407 g/mol. The number of rotatable bonds is 9. The molecule has 0 bridgehead atoms. The second-order valence-electron chi connectivity index (χ2n) is 6.25. The minimum absolute atomic E-state index is 0.284. The number of hydrogen-bond acceptors (Lipinski definition) is 6. The van der Waals surface area contributed by atoms with Gasteiger partial charge in [0.25, 0.3) is 11.8 Å². The largest absolute Gasteiger partial charge is 0.493 e. The number of ether oxygens (including phenoxy) is 3. The molecule has 8 heteroatoms. The Balaban J connectivity index is 1.66. The number of anilines is 1. The fourth-order valence-corrected chi connectivity index (χ4v) is 2.59. The predicted molar refractivity (Wildman–Crippen MR) is 111 cm³/mol. The molecule has 3 rings (SSSR count). The number of amides is 2. The maximum atomic E-state index is 12.6. The van der Waals surface area contributed by atoms with E-state index in [0.29, 0.717) is 35.1 Å². The fourth-order valence-electron chi connectivity index (χ4n) is 2.59. The van der Waals surface area contributed by atoms with Crippen molar-refractivity contribution in [1.82, 2.24) is 4.98 Å². The van der Waals surface area contributed by atoms with Gasteiger partial charge in [-0.15, -0.1) is 0 Å². The van der Waals surface area contributed by atoms with Crippen LogP contribution in [-0.2, 0) is 11.4 Å². The molecule has 0 saturated heterocycles. The molecule has 0 aliphatic heterocycles. The van der Waals surface area contributed by atoms with Crippen LogP contribution in [0, 0.1) is 0 Å². The molecule has 0 atom stereocenters. The lowest BCUT2D eigenvalue weighted by Gasteiger charge is -2.12. The number of hydrogen-bond donors (Lipinski definition) is 2. The Labute approximate surface area is 173 Å². The molecule has 0 aliphatic rings. The molecule has 3 aromatic rings. The van der Waals surface area contributed by atoms with Crippen LogP contribution in [0.5, 0.6) is 17.2 Å². The Morgan fingerprint density at radius 1 is 1.03 bits per heavy atom. The molecule has 154 valence electrons. The first-order valence-corrected chi connectivity index (χ1v) is 9.07. The molecule has 0 aliphatic carbocycles. The van der Waals surface area contributed by atoms with Crippen molar-refractivity contribution in [2.45, 2.75) is 6.61 Å². The number of carbonyl (C=O) groups is 2. The van der Waals surface area contributed by atoms with Crippen molar-refractivity contribution >= 4 is 17.5 Å². The van der Waals surface area contributed by atoms with Gasteiger partial charge in [-0.2, -0.15) is 0 Å². The van der Waals surface area contributed by atoms with E-state index in [9.17, 15) is 9.59 Å². The molecule has 0 saturated carbocycles. The lowest BCUT2D eigenvalue weighted by molar-refractivity contribution is -0.119. The number of benzene rings is 2. The van der Waals surface area contributed by atoms with Crippen LogP contribution in [0.25, 0.3) is 0 Å². The summed E-state index contributed by atoms with van der Waals surface area (Å²) in [5.74, 6) is 0.309. The van der Waals surface area contributed by atoms with Crippen molar-refractivity contribution in [2.75, 3.05) is 19.0 Å². The van der Waals surface area contributed by atoms with Crippen molar-refractivity contribution < 1.29 is 23.8 Å². The molecule has 8 nitrogen and oxygen atoms in total. The number of nitrogens with zero attached hydrogens (tertiary/aromatic N) is 1. The zero-order valence-electron chi connectivity index (χ0n) is 16.3. The average Bonchev–Trinajstić information content (AvgIpc) is 2.77. The van der Waals surface area contributed by atoms with Gasteiger partial charge >= 0.3 is 0 Å². The lowest BCUT2D eigenvalue weighted by atomic mass is 10.1. The van der Waals surface area contributed by atoms with Crippen molar-refractivity contribution in [3.05, 3.63) is 78.1 Å². The summed E-state index contributed by atoms with van der Waals surface area (Å²) in [7, 11) is 1.44. The van der Waals surface area contributed by atoms with Crippen LogP contribution in [0.2, 0.25) is 0 Å². The Hall–Kier alpha value is -4.07. The van der Waals surface area contributed by atoms with Gasteiger partial charge in [-0.25, -0.2) is 0 Å². The highest BCUT2D eigenvalue weighted by molar-refractivity contribution is 6.04. The molecule has 0 unspecified atom stereocenters. The van der Waals surface area contributed by atoms with Crippen molar-refractivity contribution in [1.29, 1.82) is 0 Å². The molecule has 30 heavy (non-hydrogen) atoms. The summed E-state index contributed by atoms with van der Waals surface area (Å²) in [5.41, 5.74) is 6.96. The summed E-state index contributed by atoms with van der Waals surface area (Å²) < 4.78 is 16.3. The van der Waals surface area contributed by atoms with Gasteiger partial charge < -0.3 is 25.3 Å². The summed E-state index contributed by atoms with van der Waals surface area (Å²) in [5, 5.41) is 2.82. The van der Waals surface area contributed by atoms with Gasteiger partial charge in [0.2, 0.25) is 0 Å². The van der Waals surface area contributed by atoms with Crippen molar-refractivity contribution in [3.63, 3.8) is 0 Å². The third kappa shape index (κ3) is 5.71. The summed E-state index contributed by atoms with van der Waals surface area (Å²) in [6.45, 7) is 0.0863.